The van der Waals surface area contributed by atoms with Crippen molar-refractivity contribution < 1.29 is 28.9 Å². The maximum atomic E-state index is 12.7. The lowest BCUT2D eigenvalue weighted by Crippen LogP contribution is -2.61. The predicted molar refractivity (Wildman–Crippen MR) is 97.3 cm³/mol. The maximum absolute atomic E-state index is 12.7. The number of nitro benzene ring substituents is 1. The Labute approximate surface area is 166 Å². The summed E-state index contributed by atoms with van der Waals surface area (Å²) in [5.41, 5.74) is 0.144. The van der Waals surface area contributed by atoms with Gasteiger partial charge in [-0.2, -0.15) is 4.57 Å². The molecule has 1 saturated heterocycles. The minimum absolute atomic E-state index is 0.0396. The molecule has 0 spiro atoms. The van der Waals surface area contributed by atoms with E-state index in [1.807, 2.05) is 6.07 Å². The van der Waals surface area contributed by atoms with Crippen molar-refractivity contribution in [2.75, 3.05) is 0 Å². The van der Waals surface area contributed by atoms with E-state index in [1.54, 1.807) is 36.0 Å². The van der Waals surface area contributed by atoms with E-state index >= 15 is 0 Å². The van der Waals surface area contributed by atoms with Gasteiger partial charge in [0.25, 0.3) is 5.69 Å². The van der Waals surface area contributed by atoms with E-state index < -0.39 is 22.8 Å². The average molecular weight is 397 g/mol. The molecular weight excluding hydrogens is 378 g/mol. The minimum atomic E-state index is -0.898. The van der Waals surface area contributed by atoms with Crippen molar-refractivity contribution in [1.82, 2.24) is 4.90 Å². The Morgan fingerprint density at radius 3 is 2.45 bits per heavy atom. The summed E-state index contributed by atoms with van der Waals surface area (Å²) in [4.78, 5) is 36.2. The average Bonchev–Trinajstić information content (AvgIpc) is 2.74. The van der Waals surface area contributed by atoms with Gasteiger partial charge < -0.3 is 9.84 Å². The number of benzene rings is 1. The zero-order valence-corrected chi connectivity index (χ0v) is 15.7. The van der Waals surface area contributed by atoms with Crippen molar-refractivity contribution in [3.8, 4) is 0 Å². The van der Waals surface area contributed by atoms with Gasteiger partial charge in [0.05, 0.1) is 4.92 Å². The Balaban J connectivity index is 1.77. The molecule has 0 bridgehead atoms. The number of carbonyl (C=O) groups is 2. The number of allylic oxidation sites excluding steroid dienone is 1. The Kier molecular flexibility index (Phi) is 5.87. The molecule has 2 heterocycles. The molecule has 3 rings (SSSR count). The van der Waals surface area contributed by atoms with E-state index in [9.17, 15) is 24.8 Å². The SMILES string of the molecule is CCC([O-])=C(C(=O)OCc1ccc([N+](=O)[O-])cc1)N1C(=O)CC1[n+]1ccccc1. The molecule has 150 valence electrons. The van der Waals surface area contributed by atoms with Crippen LogP contribution in [-0.2, 0) is 20.9 Å². The number of non-ortho nitro benzene ring substituents is 1. The highest BCUT2D eigenvalue weighted by molar-refractivity contribution is 5.96. The van der Waals surface area contributed by atoms with Crippen molar-refractivity contribution in [2.45, 2.75) is 32.5 Å². The van der Waals surface area contributed by atoms with Gasteiger partial charge in [-0.25, -0.2) is 9.69 Å². The largest absolute Gasteiger partial charge is 0.874 e. The van der Waals surface area contributed by atoms with Crippen molar-refractivity contribution in [3.05, 3.63) is 82.0 Å². The Hall–Kier alpha value is -3.75. The van der Waals surface area contributed by atoms with Crippen molar-refractivity contribution in [2.24, 2.45) is 0 Å². The molecule has 1 aromatic heterocycles. The molecule has 0 saturated carbocycles. The lowest BCUT2D eigenvalue weighted by molar-refractivity contribution is -0.745. The number of hydrogen-bond donors (Lipinski definition) is 0. The van der Waals surface area contributed by atoms with Crippen LogP contribution in [0.15, 0.2) is 66.3 Å². The van der Waals surface area contributed by atoms with Gasteiger partial charge in [0.15, 0.2) is 12.4 Å². The molecule has 1 unspecified atom stereocenters. The number of aromatic nitrogens is 1. The number of rotatable bonds is 7. The Bertz CT molecular complexity index is 956. The van der Waals surface area contributed by atoms with Gasteiger partial charge >= 0.3 is 5.97 Å². The number of nitrogens with zero attached hydrogens (tertiary/aromatic N) is 3. The van der Waals surface area contributed by atoms with Gasteiger partial charge in [-0.3, -0.25) is 14.9 Å². The van der Waals surface area contributed by atoms with E-state index in [2.05, 4.69) is 0 Å². The van der Waals surface area contributed by atoms with E-state index in [0.717, 1.165) is 0 Å². The summed E-state index contributed by atoms with van der Waals surface area (Å²) < 4.78 is 6.98. The lowest BCUT2D eigenvalue weighted by Gasteiger charge is -2.38. The van der Waals surface area contributed by atoms with Crippen molar-refractivity contribution in [3.63, 3.8) is 0 Å². The molecule has 1 amide bonds. The van der Waals surface area contributed by atoms with Crippen molar-refractivity contribution >= 4 is 17.6 Å². The second-order valence-electron chi connectivity index (χ2n) is 6.40. The standard InChI is InChI=1S/C20H19N3O6/c1-2-16(24)19(22-17(12-18(22)25)21-10-4-3-5-11-21)20(26)29-13-14-6-8-15(9-7-14)23(27)28/h3-11,17H,2,12-13H2,1H3. The van der Waals surface area contributed by atoms with E-state index in [4.69, 9.17) is 4.74 Å². The summed E-state index contributed by atoms with van der Waals surface area (Å²) in [6.07, 6.45) is 3.24. The number of ether oxygens (including phenoxy) is 1. The smallest absolute Gasteiger partial charge is 0.354 e. The van der Waals surface area contributed by atoms with Crippen LogP contribution in [0.25, 0.3) is 0 Å². The molecule has 9 nitrogen and oxygen atoms in total. The molecule has 1 aromatic carbocycles. The van der Waals surface area contributed by atoms with Crippen LogP contribution in [0.4, 0.5) is 5.69 Å². The normalized spacial score (nSPS) is 16.7. The van der Waals surface area contributed by atoms with Gasteiger partial charge in [-0.1, -0.05) is 13.0 Å². The second-order valence-corrected chi connectivity index (χ2v) is 6.40. The molecule has 9 heteroatoms. The molecule has 29 heavy (non-hydrogen) atoms. The molecule has 0 radical (unpaired) electrons. The molecule has 1 atom stereocenters. The first-order chi connectivity index (χ1) is 13.9. The summed E-state index contributed by atoms with van der Waals surface area (Å²) in [5.74, 6) is -1.73. The monoisotopic (exact) mass is 397 g/mol. The van der Waals surface area contributed by atoms with Gasteiger partial charge in [-0.15, -0.1) is 5.76 Å². The van der Waals surface area contributed by atoms with Gasteiger partial charge in [-0.05, 0) is 24.1 Å². The zero-order valence-electron chi connectivity index (χ0n) is 15.7. The quantitative estimate of drug-likeness (QED) is 0.132. The number of hydrogen-bond acceptors (Lipinski definition) is 6. The van der Waals surface area contributed by atoms with E-state index in [1.165, 1.54) is 29.2 Å². The fourth-order valence-electron chi connectivity index (χ4n) is 2.97. The minimum Gasteiger partial charge on any atom is -0.874 e. The highest BCUT2D eigenvalue weighted by atomic mass is 16.6. The zero-order chi connectivity index (χ0) is 21.0. The molecule has 1 aliphatic rings. The second kappa shape index (κ2) is 8.51. The van der Waals surface area contributed by atoms with Gasteiger partial charge in [0.1, 0.15) is 18.7 Å². The fourth-order valence-corrected chi connectivity index (χ4v) is 2.97. The molecule has 1 aliphatic heterocycles. The predicted octanol–water partition coefficient (Wildman–Crippen LogP) is 1.34. The summed E-state index contributed by atoms with van der Waals surface area (Å²) in [5, 5.41) is 23.1. The number of pyridine rings is 1. The maximum Gasteiger partial charge on any atom is 0.354 e. The van der Waals surface area contributed by atoms with E-state index in [-0.39, 0.29) is 36.7 Å². The summed E-state index contributed by atoms with van der Waals surface area (Å²) in [6.45, 7) is 1.42. The number of amides is 1. The first kappa shape index (κ1) is 20.0. The molecular formula is C20H19N3O6. The summed E-state index contributed by atoms with van der Waals surface area (Å²) in [7, 11) is 0. The first-order valence-corrected chi connectivity index (χ1v) is 9.00. The van der Waals surface area contributed by atoms with Gasteiger partial charge in [0.2, 0.25) is 12.1 Å². The summed E-state index contributed by atoms with van der Waals surface area (Å²) >= 11 is 0. The van der Waals surface area contributed by atoms with Crippen LogP contribution >= 0.6 is 0 Å². The number of esters is 1. The summed E-state index contributed by atoms with van der Waals surface area (Å²) in [6, 6.07) is 10.9. The van der Waals surface area contributed by atoms with Crippen LogP contribution in [0.5, 0.6) is 0 Å². The highest BCUT2D eigenvalue weighted by Gasteiger charge is 2.47. The highest BCUT2D eigenvalue weighted by Crippen LogP contribution is 2.31. The fraction of sp³-hybridized carbons (Fsp3) is 0.250. The van der Waals surface area contributed by atoms with Crippen LogP contribution in [0.2, 0.25) is 0 Å². The number of likely N-dealkylation sites (tertiary alicyclic amines) is 1. The van der Waals surface area contributed by atoms with Crippen LogP contribution in [-0.4, -0.2) is 21.7 Å². The Morgan fingerprint density at radius 2 is 1.90 bits per heavy atom. The third kappa shape index (κ3) is 4.23. The Morgan fingerprint density at radius 1 is 1.24 bits per heavy atom. The van der Waals surface area contributed by atoms with E-state index in [0.29, 0.717) is 5.56 Å². The number of β-lactam (4-membered cyclic amide) rings is 1. The number of carbonyl (C=O) groups excluding carboxylic acids is 2. The topological polar surface area (TPSA) is 117 Å². The molecule has 0 N–H and O–H groups in total. The first-order valence-electron chi connectivity index (χ1n) is 9.00. The third-order valence-corrected chi connectivity index (χ3v) is 4.54. The van der Waals surface area contributed by atoms with Crippen LogP contribution in [0, 0.1) is 10.1 Å². The van der Waals surface area contributed by atoms with Crippen molar-refractivity contribution in [1.29, 1.82) is 0 Å². The van der Waals surface area contributed by atoms with Gasteiger partial charge in [0, 0.05) is 24.3 Å². The van der Waals surface area contributed by atoms with Crippen LogP contribution < -0.4 is 9.67 Å². The van der Waals surface area contributed by atoms with Crippen LogP contribution in [0.3, 0.4) is 0 Å². The lowest BCUT2D eigenvalue weighted by atomic mass is 10.1. The third-order valence-electron chi connectivity index (χ3n) is 4.54. The molecule has 0 aliphatic carbocycles. The molecule has 1 fully saturated rings. The van der Waals surface area contributed by atoms with Crippen LogP contribution in [0.1, 0.15) is 31.5 Å². The molecule has 2 aromatic rings. The number of nitro groups is 1.